The van der Waals surface area contributed by atoms with Crippen LogP contribution in [0, 0.1) is 10.1 Å². The van der Waals surface area contributed by atoms with Crippen LogP contribution < -0.4 is 10.1 Å². The maximum absolute atomic E-state index is 12.5. The summed E-state index contributed by atoms with van der Waals surface area (Å²) in [5.74, 6) is -1.71. The van der Waals surface area contributed by atoms with Gasteiger partial charge in [-0.1, -0.05) is 13.0 Å². The van der Waals surface area contributed by atoms with Crippen molar-refractivity contribution in [1.29, 1.82) is 0 Å². The van der Waals surface area contributed by atoms with Gasteiger partial charge in [0, 0.05) is 18.3 Å². The molecule has 0 saturated heterocycles. The number of methoxy groups -OCH3 is 1. The van der Waals surface area contributed by atoms with E-state index in [2.05, 4.69) is 10.3 Å². The van der Waals surface area contributed by atoms with E-state index < -0.39 is 32.3 Å². The zero-order valence-corrected chi connectivity index (χ0v) is 18.9. The van der Waals surface area contributed by atoms with Crippen LogP contribution in [0.15, 0.2) is 65.7 Å². The molecule has 0 bridgehead atoms. The lowest BCUT2D eigenvalue weighted by atomic mass is 10.1. The van der Waals surface area contributed by atoms with E-state index in [1.807, 2.05) is 0 Å². The summed E-state index contributed by atoms with van der Waals surface area (Å²) in [4.78, 5) is 39.6. The number of rotatable bonds is 8. The van der Waals surface area contributed by atoms with Gasteiger partial charge in [-0.05, 0) is 36.4 Å². The second kappa shape index (κ2) is 10.1. The van der Waals surface area contributed by atoms with Crippen LogP contribution in [0.25, 0.3) is 0 Å². The van der Waals surface area contributed by atoms with Gasteiger partial charge in [-0.2, -0.15) is 0 Å². The topological polar surface area (TPSA) is 155 Å². The number of nitro groups is 1. The minimum absolute atomic E-state index is 0.0176. The molecule has 0 fully saturated rings. The molecule has 0 unspecified atom stereocenters. The second-order valence-corrected chi connectivity index (χ2v) is 9.04. The van der Waals surface area contributed by atoms with Gasteiger partial charge < -0.3 is 14.8 Å². The van der Waals surface area contributed by atoms with Gasteiger partial charge in [0.05, 0.1) is 22.7 Å². The van der Waals surface area contributed by atoms with Crippen molar-refractivity contribution in [2.45, 2.75) is 11.8 Å². The van der Waals surface area contributed by atoms with E-state index >= 15 is 0 Å². The number of hydrogen-bond donors (Lipinski definition) is 1. The lowest BCUT2D eigenvalue weighted by Gasteiger charge is -2.13. The fourth-order valence-corrected chi connectivity index (χ4v) is 3.75. The first kappa shape index (κ1) is 24.3. The predicted molar refractivity (Wildman–Crippen MR) is 121 cm³/mol. The minimum atomic E-state index is -3.43. The van der Waals surface area contributed by atoms with Gasteiger partial charge in [0.1, 0.15) is 28.4 Å². The number of ether oxygens (including phenoxy) is 2. The number of nitrogens with zero attached hydrogens (tertiary/aromatic N) is 2. The van der Waals surface area contributed by atoms with E-state index in [9.17, 15) is 28.1 Å². The third-order valence-electron chi connectivity index (χ3n) is 4.64. The van der Waals surface area contributed by atoms with Crippen LogP contribution in [0.4, 0.5) is 11.4 Å². The van der Waals surface area contributed by atoms with E-state index in [0.717, 1.165) is 19.2 Å². The van der Waals surface area contributed by atoms with Crippen LogP contribution in [0.3, 0.4) is 0 Å². The van der Waals surface area contributed by atoms with Crippen LogP contribution in [-0.2, 0) is 14.6 Å². The molecule has 0 aliphatic rings. The standard InChI is InChI=1S/C22H19N3O8S/c1-3-34(30,31)15-9-7-14(8-10-15)33-20-13-18(24-21(26)17-6-4-5-11-23-17)19(25(28)29)12-16(20)22(27)32-2/h4-13H,3H2,1-2H3,(H,24,26). The van der Waals surface area contributed by atoms with Crippen molar-refractivity contribution in [2.75, 3.05) is 18.2 Å². The Kier molecular flexibility index (Phi) is 7.21. The van der Waals surface area contributed by atoms with Gasteiger partial charge in [-0.15, -0.1) is 0 Å². The number of pyridine rings is 1. The van der Waals surface area contributed by atoms with Crippen molar-refractivity contribution < 1.29 is 32.4 Å². The third kappa shape index (κ3) is 5.35. The molecular formula is C22H19N3O8S. The molecule has 11 nitrogen and oxygen atoms in total. The largest absolute Gasteiger partial charge is 0.465 e. The number of carbonyl (C=O) groups is 2. The Morgan fingerprint density at radius 1 is 1.12 bits per heavy atom. The van der Waals surface area contributed by atoms with Crippen LogP contribution in [-0.4, -0.2) is 43.1 Å². The van der Waals surface area contributed by atoms with Gasteiger partial charge in [0.25, 0.3) is 11.6 Å². The molecule has 176 valence electrons. The van der Waals surface area contributed by atoms with Gasteiger partial charge in [-0.3, -0.25) is 19.9 Å². The molecule has 3 rings (SSSR count). The molecule has 0 atom stereocenters. The number of aromatic nitrogens is 1. The molecule has 1 amide bonds. The molecule has 0 aliphatic heterocycles. The Morgan fingerprint density at radius 2 is 1.82 bits per heavy atom. The molecule has 12 heteroatoms. The summed E-state index contributed by atoms with van der Waals surface area (Å²) >= 11 is 0. The van der Waals surface area contributed by atoms with E-state index in [4.69, 9.17) is 9.47 Å². The molecule has 1 heterocycles. The predicted octanol–water partition coefficient (Wildman–Crippen LogP) is 3.61. The maximum atomic E-state index is 12.5. The monoisotopic (exact) mass is 485 g/mol. The lowest BCUT2D eigenvalue weighted by Crippen LogP contribution is -2.15. The minimum Gasteiger partial charge on any atom is -0.465 e. The van der Waals surface area contributed by atoms with E-state index in [1.54, 1.807) is 12.1 Å². The average Bonchev–Trinajstić information content (AvgIpc) is 2.84. The summed E-state index contributed by atoms with van der Waals surface area (Å²) in [5, 5.41) is 14.0. The van der Waals surface area contributed by atoms with E-state index in [-0.39, 0.29) is 39.1 Å². The lowest BCUT2D eigenvalue weighted by molar-refractivity contribution is -0.384. The molecule has 0 saturated carbocycles. The fourth-order valence-electron chi connectivity index (χ4n) is 2.87. The summed E-state index contributed by atoms with van der Waals surface area (Å²) in [6.07, 6.45) is 1.39. The summed E-state index contributed by atoms with van der Waals surface area (Å²) in [7, 11) is -2.34. The van der Waals surface area contributed by atoms with Gasteiger partial charge in [0.2, 0.25) is 0 Å². The van der Waals surface area contributed by atoms with Gasteiger partial charge in [0.15, 0.2) is 9.84 Å². The SMILES string of the molecule is CCS(=O)(=O)c1ccc(Oc2cc(NC(=O)c3ccccn3)c([N+](=O)[O-])cc2C(=O)OC)cc1. The number of anilines is 1. The maximum Gasteiger partial charge on any atom is 0.341 e. The zero-order valence-electron chi connectivity index (χ0n) is 18.0. The van der Waals surface area contributed by atoms with Gasteiger partial charge in [-0.25, -0.2) is 13.2 Å². The summed E-state index contributed by atoms with van der Waals surface area (Å²) in [5.41, 5.74) is -1.06. The highest BCUT2D eigenvalue weighted by Crippen LogP contribution is 2.36. The average molecular weight is 485 g/mol. The van der Waals surface area contributed by atoms with Crippen molar-refractivity contribution in [1.82, 2.24) is 4.98 Å². The molecule has 1 N–H and O–H groups in total. The van der Waals surface area contributed by atoms with E-state index in [0.29, 0.717) is 0 Å². The summed E-state index contributed by atoms with van der Waals surface area (Å²) in [6.45, 7) is 1.51. The highest BCUT2D eigenvalue weighted by Gasteiger charge is 2.25. The van der Waals surface area contributed by atoms with Crippen LogP contribution in [0.2, 0.25) is 0 Å². The van der Waals surface area contributed by atoms with Crippen molar-refractivity contribution in [3.8, 4) is 11.5 Å². The number of benzene rings is 2. The quantitative estimate of drug-likeness (QED) is 0.286. The van der Waals surface area contributed by atoms with Crippen molar-refractivity contribution in [3.05, 3.63) is 82.2 Å². The van der Waals surface area contributed by atoms with Crippen molar-refractivity contribution in [2.24, 2.45) is 0 Å². The second-order valence-electron chi connectivity index (χ2n) is 6.76. The Hall–Kier alpha value is -4.32. The van der Waals surface area contributed by atoms with Crippen LogP contribution in [0.1, 0.15) is 27.8 Å². The van der Waals surface area contributed by atoms with E-state index in [1.165, 1.54) is 43.5 Å². The number of carbonyl (C=O) groups excluding carboxylic acids is 2. The Balaban J connectivity index is 2.04. The fraction of sp³-hybridized carbons (Fsp3) is 0.136. The first-order chi connectivity index (χ1) is 16.2. The zero-order chi connectivity index (χ0) is 24.9. The molecule has 2 aromatic carbocycles. The molecule has 34 heavy (non-hydrogen) atoms. The smallest absolute Gasteiger partial charge is 0.341 e. The highest BCUT2D eigenvalue weighted by atomic mass is 32.2. The third-order valence-corrected chi connectivity index (χ3v) is 6.39. The molecule has 1 aromatic heterocycles. The molecular weight excluding hydrogens is 466 g/mol. The number of nitro benzene ring substituents is 1. The normalized spacial score (nSPS) is 10.9. The van der Waals surface area contributed by atoms with Gasteiger partial charge >= 0.3 is 5.97 Å². The molecule has 0 aliphatic carbocycles. The number of hydrogen-bond acceptors (Lipinski definition) is 9. The highest BCUT2D eigenvalue weighted by molar-refractivity contribution is 7.91. The Bertz CT molecular complexity index is 1340. The van der Waals surface area contributed by atoms with Crippen molar-refractivity contribution >= 4 is 33.1 Å². The molecule has 3 aromatic rings. The number of esters is 1. The first-order valence-electron chi connectivity index (χ1n) is 9.80. The number of sulfone groups is 1. The number of nitrogens with one attached hydrogen (secondary N) is 1. The first-order valence-corrected chi connectivity index (χ1v) is 11.4. The Morgan fingerprint density at radius 3 is 2.38 bits per heavy atom. The molecule has 0 spiro atoms. The molecule has 0 radical (unpaired) electrons. The Labute approximate surface area is 194 Å². The number of amides is 1. The summed E-state index contributed by atoms with van der Waals surface area (Å²) < 4.78 is 34.4. The van der Waals surface area contributed by atoms with Crippen LogP contribution in [0.5, 0.6) is 11.5 Å². The summed E-state index contributed by atoms with van der Waals surface area (Å²) in [6, 6.07) is 12.1. The van der Waals surface area contributed by atoms with Crippen LogP contribution >= 0.6 is 0 Å². The van der Waals surface area contributed by atoms with Crippen molar-refractivity contribution in [3.63, 3.8) is 0 Å².